The van der Waals surface area contributed by atoms with Crippen molar-refractivity contribution in [2.24, 2.45) is 5.41 Å². The lowest BCUT2D eigenvalue weighted by Crippen LogP contribution is -2.33. The summed E-state index contributed by atoms with van der Waals surface area (Å²) in [5, 5.41) is 9.17. The Labute approximate surface area is 242 Å². The number of halogens is 1. The standard InChI is InChI=1S/C34H40FNO5/c1-20-13-24(40-19-34(3,4)18-36(5)6)14-21(2)32(20)26-9-11-28(35)33-27(26)10-12-29(33)41-23-7-8-25-22(15-31(37)38)17-39-30(25)16-23/h7-9,11,13-14,16,22,29H,10,12,15,17-19H2,1-6H3,(H,37,38)/t22?,29-/m1/s1. The van der Waals surface area contributed by atoms with E-state index in [1.807, 2.05) is 18.2 Å². The van der Waals surface area contributed by atoms with Gasteiger partial charge in [-0.25, -0.2) is 4.39 Å². The highest BCUT2D eigenvalue weighted by molar-refractivity contribution is 5.76. The van der Waals surface area contributed by atoms with Crippen LogP contribution in [0.25, 0.3) is 11.1 Å². The lowest BCUT2D eigenvalue weighted by atomic mass is 9.90. The lowest BCUT2D eigenvalue weighted by molar-refractivity contribution is -0.137. The number of ether oxygens (including phenoxy) is 3. The first-order chi connectivity index (χ1) is 19.4. The van der Waals surface area contributed by atoms with Crippen LogP contribution in [-0.4, -0.2) is 49.8 Å². The van der Waals surface area contributed by atoms with E-state index in [9.17, 15) is 9.90 Å². The highest BCUT2D eigenvalue weighted by Gasteiger charge is 2.32. The van der Waals surface area contributed by atoms with Crippen molar-refractivity contribution in [3.8, 4) is 28.4 Å². The first-order valence-corrected chi connectivity index (χ1v) is 14.3. The maximum Gasteiger partial charge on any atom is 0.304 e. The zero-order valence-electron chi connectivity index (χ0n) is 24.8. The highest BCUT2D eigenvalue weighted by Crippen LogP contribution is 2.45. The Morgan fingerprint density at radius 1 is 1.10 bits per heavy atom. The minimum atomic E-state index is -0.850. The minimum absolute atomic E-state index is 0.0158. The molecule has 0 radical (unpaired) electrons. The second-order valence-electron chi connectivity index (χ2n) is 12.6. The van der Waals surface area contributed by atoms with Crippen molar-refractivity contribution in [2.45, 2.75) is 59.0 Å². The van der Waals surface area contributed by atoms with E-state index in [2.05, 4.69) is 58.8 Å². The summed E-state index contributed by atoms with van der Waals surface area (Å²) in [5.74, 6) is 0.797. The predicted octanol–water partition coefficient (Wildman–Crippen LogP) is 7.09. The number of hydrogen-bond donors (Lipinski definition) is 1. The number of benzene rings is 3. The Hall–Kier alpha value is -3.58. The first-order valence-electron chi connectivity index (χ1n) is 14.3. The average molecular weight is 562 g/mol. The molecule has 6 nitrogen and oxygen atoms in total. The van der Waals surface area contributed by atoms with Crippen LogP contribution in [0.2, 0.25) is 0 Å². The smallest absolute Gasteiger partial charge is 0.304 e. The van der Waals surface area contributed by atoms with E-state index in [4.69, 9.17) is 14.2 Å². The van der Waals surface area contributed by atoms with Crippen molar-refractivity contribution in [3.63, 3.8) is 0 Å². The van der Waals surface area contributed by atoms with Gasteiger partial charge in [-0.1, -0.05) is 26.0 Å². The zero-order valence-corrected chi connectivity index (χ0v) is 24.8. The summed E-state index contributed by atoms with van der Waals surface area (Å²) in [6.07, 6.45) is 0.993. The van der Waals surface area contributed by atoms with Crippen LogP contribution in [0.5, 0.6) is 17.2 Å². The van der Waals surface area contributed by atoms with Crippen LogP contribution in [0.1, 0.15) is 66.5 Å². The summed E-state index contributed by atoms with van der Waals surface area (Å²) in [6, 6.07) is 13.1. The average Bonchev–Trinajstić information content (AvgIpc) is 3.47. The van der Waals surface area contributed by atoms with Gasteiger partial charge in [0, 0.05) is 35.1 Å². The largest absolute Gasteiger partial charge is 0.493 e. The van der Waals surface area contributed by atoms with E-state index in [0.29, 0.717) is 43.1 Å². The Balaban J connectivity index is 1.38. The molecule has 3 aromatic rings. The van der Waals surface area contributed by atoms with Crippen molar-refractivity contribution in [1.29, 1.82) is 0 Å². The first kappa shape index (κ1) is 28.9. The third kappa shape index (κ3) is 6.20. The van der Waals surface area contributed by atoms with Crippen molar-refractivity contribution in [3.05, 3.63) is 76.1 Å². The third-order valence-corrected chi connectivity index (χ3v) is 8.00. The molecule has 2 atom stereocenters. The molecule has 2 aliphatic rings. The van der Waals surface area contributed by atoms with Gasteiger partial charge in [0.1, 0.15) is 29.2 Å². The fourth-order valence-corrected chi connectivity index (χ4v) is 6.51. The molecule has 0 amide bonds. The molecule has 0 saturated carbocycles. The molecule has 7 heteroatoms. The van der Waals surface area contributed by atoms with E-state index in [1.165, 1.54) is 0 Å². The lowest BCUT2D eigenvalue weighted by Gasteiger charge is -2.28. The Morgan fingerprint density at radius 2 is 1.83 bits per heavy atom. The highest BCUT2D eigenvalue weighted by atomic mass is 19.1. The molecule has 218 valence electrons. The molecule has 0 spiro atoms. The van der Waals surface area contributed by atoms with Gasteiger partial charge in [-0.2, -0.15) is 0 Å². The van der Waals surface area contributed by atoms with Gasteiger partial charge in [-0.05, 0) is 92.9 Å². The van der Waals surface area contributed by atoms with Crippen LogP contribution < -0.4 is 14.2 Å². The molecule has 1 heterocycles. The van der Waals surface area contributed by atoms with Gasteiger partial charge in [-0.3, -0.25) is 4.79 Å². The molecule has 3 aromatic carbocycles. The van der Waals surface area contributed by atoms with Gasteiger partial charge in [0.05, 0.1) is 19.6 Å². The topological polar surface area (TPSA) is 68.2 Å². The normalized spacial score (nSPS) is 17.8. The van der Waals surface area contributed by atoms with Gasteiger partial charge in [0.15, 0.2) is 0 Å². The molecule has 0 aromatic heterocycles. The SMILES string of the molecule is Cc1cc(OCC(C)(C)CN(C)C)cc(C)c1-c1ccc(F)c2c1CC[C@H]2Oc1ccc2c(c1)OCC2CC(=O)O. The second kappa shape index (κ2) is 11.4. The summed E-state index contributed by atoms with van der Waals surface area (Å²) >= 11 is 0. The number of rotatable bonds is 10. The summed E-state index contributed by atoms with van der Waals surface area (Å²) < 4.78 is 33.6. The van der Waals surface area contributed by atoms with Crippen LogP contribution in [0.15, 0.2) is 42.5 Å². The second-order valence-corrected chi connectivity index (χ2v) is 12.6. The van der Waals surface area contributed by atoms with E-state index >= 15 is 4.39 Å². The monoisotopic (exact) mass is 561 g/mol. The molecule has 1 aliphatic carbocycles. The van der Waals surface area contributed by atoms with E-state index in [1.54, 1.807) is 12.1 Å². The molecule has 0 saturated heterocycles. The summed E-state index contributed by atoms with van der Waals surface area (Å²) in [6.45, 7) is 10.5. The van der Waals surface area contributed by atoms with Crippen LogP contribution in [-0.2, 0) is 11.2 Å². The number of carbonyl (C=O) groups is 1. The molecule has 1 aliphatic heterocycles. The summed E-state index contributed by atoms with van der Waals surface area (Å²) in [4.78, 5) is 13.3. The van der Waals surface area contributed by atoms with Crippen LogP contribution in [0.3, 0.4) is 0 Å². The fraction of sp³-hybridized carbons (Fsp3) is 0.441. The maximum atomic E-state index is 15.3. The number of nitrogens with zero attached hydrogens (tertiary/aromatic N) is 1. The predicted molar refractivity (Wildman–Crippen MR) is 158 cm³/mol. The van der Waals surface area contributed by atoms with Crippen molar-refractivity contribution >= 4 is 5.97 Å². The number of carboxylic acids is 1. The molecule has 1 unspecified atom stereocenters. The van der Waals surface area contributed by atoms with E-state index in [-0.39, 0.29) is 23.6 Å². The van der Waals surface area contributed by atoms with Gasteiger partial charge in [-0.15, -0.1) is 0 Å². The zero-order chi connectivity index (χ0) is 29.5. The summed E-state index contributed by atoms with van der Waals surface area (Å²) in [5.41, 5.74) is 6.82. The van der Waals surface area contributed by atoms with Gasteiger partial charge < -0.3 is 24.2 Å². The number of aliphatic carboxylic acids is 1. The van der Waals surface area contributed by atoms with Crippen molar-refractivity contribution in [1.82, 2.24) is 4.90 Å². The summed E-state index contributed by atoms with van der Waals surface area (Å²) in [7, 11) is 4.14. The number of hydrogen-bond acceptors (Lipinski definition) is 5. The quantitative estimate of drug-likeness (QED) is 0.285. The van der Waals surface area contributed by atoms with Crippen molar-refractivity contribution < 1.29 is 28.5 Å². The van der Waals surface area contributed by atoms with E-state index < -0.39 is 12.1 Å². The van der Waals surface area contributed by atoms with Crippen molar-refractivity contribution in [2.75, 3.05) is 33.9 Å². The van der Waals surface area contributed by atoms with Crippen LogP contribution in [0.4, 0.5) is 4.39 Å². The molecule has 0 fully saturated rings. The minimum Gasteiger partial charge on any atom is -0.493 e. The molecule has 41 heavy (non-hydrogen) atoms. The molecule has 1 N–H and O–H groups in total. The van der Waals surface area contributed by atoms with E-state index in [0.717, 1.165) is 45.7 Å². The molecular formula is C34H40FNO5. The van der Waals surface area contributed by atoms with Gasteiger partial charge in [0.2, 0.25) is 0 Å². The molecule has 5 rings (SSSR count). The number of fused-ring (bicyclic) bond motifs is 2. The Morgan fingerprint density at radius 3 is 2.51 bits per heavy atom. The Bertz CT molecular complexity index is 1440. The van der Waals surface area contributed by atoms with Crippen LogP contribution in [0, 0.1) is 25.1 Å². The van der Waals surface area contributed by atoms with Gasteiger partial charge in [0.25, 0.3) is 0 Å². The molecular weight excluding hydrogens is 521 g/mol. The third-order valence-electron chi connectivity index (χ3n) is 8.00. The fourth-order valence-electron chi connectivity index (χ4n) is 6.51. The molecule has 0 bridgehead atoms. The van der Waals surface area contributed by atoms with Crippen LogP contribution >= 0.6 is 0 Å². The van der Waals surface area contributed by atoms with Gasteiger partial charge >= 0.3 is 5.97 Å². The maximum absolute atomic E-state index is 15.3. The number of carboxylic acid groups (broad SMARTS) is 1. The Kier molecular flexibility index (Phi) is 8.02. The number of aryl methyl sites for hydroxylation is 2.